The number of likely N-dealkylation sites (tertiary alicyclic amines) is 1. The number of hydrogen-bond donors (Lipinski definition) is 1. The predicted molar refractivity (Wildman–Crippen MR) is 91.4 cm³/mol. The van der Waals surface area contributed by atoms with Gasteiger partial charge in [-0.1, -0.05) is 28.3 Å². The van der Waals surface area contributed by atoms with Gasteiger partial charge < -0.3 is 14.7 Å². The average molecular weight is 383 g/mol. The van der Waals surface area contributed by atoms with Crippen LogP contribution >= 0.6 is 23.2 Å². The molecule has 9 heteroatoms. The van der Waals surface area contributed by atoms with Crippen molar-refractivity contribution in [3.63, 3.8) is 0 Å². The van der Waals surface area contributed by atoms with Crippen LogP contribution in [-0.2, 0) is 13.0 Å². The molecule has 1 N–H and O–H groups in total. The third-order valence-electron chi connectivity index (χ3n) is 4.69. The Morgan fingerprint density at radius 3 is 2.76 bits per heavy atom. The smallest absolute Gasteiger partial charge is 0.417 e. The standard InChI is InChI=1S/C16H16Cl2N4O3/c17-10-3-4-11(23)13(14(10)18)9-7-12-19-20-15(22(12)8-9)25-16(24)21-5-1-2-6-21/h3-4,9,23H,1-2,5-8H2/t9-/m1/s1. The number of halogens is 2. The highest BCUT2D eigenvalue weighted by atomic mass is 35.5. The molecule has 4 rings (SSSR count). The zero-order chi connectivity index (χ0) is 17.6. The van der Waals surface area contributed by atoms with Crippen molar-refractivity contribution in [2.75, 3.05) is 13.1 Å². The van der Waals surface area contributed by atoms with E-state index in [0.717, 1.165) is 12.8 Å². The van der Waals surface area contributed by atoms with Gasteiger partial charge in [-0.05, 0) is 25.0 Å². The lowest BCUT2D eigenvalue weighted by Gasteiger charge is -2.16. The first kappa shape index (κ1) is 16.5. The van der Waals surface area contributed by atoms with Crippen LogP contribution in [-0.4, -0.2) is 44.0 Å². The van der Waals surface area contributed by atoms with Crippen molar-refractivity contribution in [2.24, 2.45) is 0 Å². The second-order valence-electron chi connectivity index (χ2n) is 6.27. The number of benzene rings is 1. The lowest BCUT2D eigenvalue weighted by atomic mass is 9.96. The first-order valence-electron chi connectivity index (χ1n) is 8.10. The molecular weight excluding hydrogens is 367 g/mol. The Morgan fingerprint density at radius 1 is 1.24 bits per heavy atom. The van der Waals surface area contributed by atoms with Crippen LogP contribution in [0.1, 0.15) is 30.1 Å². The summed E-state index contributed by atoms with van der Waals surface area (Å²) in [5.41, 5.74) is 0.580. The molecule has 0 bridgehead atoms. The van der Waals surface area contributed by atoms with Crippen molar-refractivity contribution < 1.29 is 14.6 Å². The molecule has 25 heavy (non-hydrogen) atoms. The molecule has 1 fully saturated rings. The van der Waals surface area contributed by atoms with Gasteiger partial charge in [0, 0.05) is 37.5 Å². The summed E-state index contributed by atoms with van der Waals surface area (Å²) in [6, 6.07) is 3.25. The lowest BCUT2D eigenvalue weighted by Crippen LogP contribution is -2.31. The Bertz CT molecular complexity index is 833. The van der Waals surface area contributed by atoms with Gasteiger partial charge >= 0.3 is 12.1 Å². The SMILES string of the molecule is O=C(Oc1nnc2n1C[C@H](c1c(O)ccc(Cl)c1Cl)C2)N1CCCC1. The van der Waals surface area contributed by atoms with E-state index in [2.05, 4.69) is 10.2 Å². The van der Waals surface area contributed by atoms with Crippen LogP contribution in [0.5, 0.6) is 11.8 Å². The predicted octanol–water partition coefficient (Wildman–Crippen LogP) is 3.23. The number of ether oxygens (including phenoxy) is 1. The highest BCUT2D eigenvalue weighted by Gasteiger charge is 2.33. The van der Waals surface area contributed by atoms with Gasteiger partial charge in [-0.25, -0.2) is 4.79 Å². The van der Waals surface area contributed by atoms with Crippen LogP contribution in [0, 0.1) is 0 Å². The fourth-order valence-corrected chi connectivity index (χ4v) is 3.89. The molecule has 0 radical (unpaired) electrons. The fraction of sp³-hybridized carbons (Fsp3) is 0.438. The van der Waals surface area contributed by atoms with Gasteiger partial charge in [0.15, 0.2) is 0 Å². The van der Waals surface area contributed by atoms with E-state index in [-0.39, 0.29) is 17.7 Å². The molecule has 3 heterocycles. The van der Waals surface area contributed by atoms with E-state index in [1.807, 2.05) is 0 Å². The third kappa shape index (κ3) is 2.91. The Morgan fingerprint density at radius 2 is 2.00 bits per heavy atom. The Balaban J connectivity index is 1.55. The summed E-state index contributed by atoms with van der Waals surface area (Å²) in [4.78, 5) is 13.8. The van der Waals surface area contributed by atoms with Gasteiger partial charge in [0.1, 0.15) is 11.6 Å². The van der Waals surface area contributed by atoms with Gasteiger partial charge in [-0.3, -0.25) is 4.57 Å². The van der Waals surface area contributed by atoms with Crippen LogP contribution < -0.4 is 4.74 Å². The number of hydrogen-bond acceptors (Lipinski definition) is 5. The van der Waals surface area contributed by atoms with Crippen LogP contribution in [0.3, 0.4) is 0 Å². The largest absolute Gasteiger partial charge is 0.508 e. The van der Waals surface area contributed by atoms with Gasteiger partial charge in [0.25, 0.3) is 0 Å². The first-order valence-corrected chi connectivity index (χ1v) is 8.86. The van der Waals surface area contributed by atoms with Crippen LogP contribution in [0.25, 0.3) is 0 Å². The minimum absolute atomic E-state index is 0.0914. The molecule has 2 aromatic rings. The van der Waals surface area contributed by atoms with Crippen LogP contribution in [0.15, 0.2) is 12.1 Å². The van der Waals surface area contributed by atoms with E-state index in [9.17, 15) is 9.90 Å². The Kier molecular flexibility index (Phi) is 4.21. The van der Waals surface area contributed by atoms with Crippen molar-refractivity contribution in [3.05, 3.63) is 33.6 Å². The molecule has 1 amide bonds. The number of nitrogens with zero attached hydrogens (tertiary/aromatic N) is 4. The summed E-state index contributed by atoms with van der Waals surface area (Å²) >= 11 is 12.3. The minimum Gasteiger partial charge on any atom is -0.508 e. The Labute approximate surface area is 154 Å². The molecule has 1 saturated heterocycles. The number of aromatic nitrogens is 3. The molecule has 1 atom stereocenters. The number of aromatic hydroxyl groups is 1. The topological polar surface area (TPSA) is 80.5 Å². The van der Waals surface area contributed by atoms with Crippen LogP contribution in [0.4, 0.5) is 4.79 Å². The monoisotopic (exact) mass is 382 g/mol. The van der Waals surface area contributed by atoms with Crippen molar-refractivity contribution in [1.82, 2.24) is 19.7 Å². The molecule has 1 aromatic carbocycles. The molecule has 0 unspecified atom stereocenters. The first-order chi connectivity index (χ1) is 12.0. The van der Waals surface area contributed by atoms with Gasteiger partial charge in [-0.2, -0.15) is 0 Å². The summed E-state index contributed by atoms with van der Waals surface area (Å²) in [7, 11) is 0. The molecular formula is C16H16Cl2N4O3. The molecule has 2 aliphatic rings. The van der Waals surface area contributed by atoms with Gasteiger partial charge in [0.05, 0.1) is 10.0 Å². The van der Waals surface area contributed by atoms with Crippen LogP contribution in [0.2, 0.25) is 10.0 Å². The number of carbonyl (C=O) groups excluding carboxylic acids is 1. The summed E-state index contributed by atoms with van der Waals surface area (Å²) in [5, 5.41) is 18.9. The zero-order valence-corrected chi connectivity index (χ0v) is 14.8. The number of amides is 1. The summed E-state index contributed by atoms with van der Waals surface area (Å²) < 4.78 is 7.15. The van der Waals surface area contributed by atoms with E-state index >= 15 is 0 Å². The number of fused-ring (bicyclic) bond motifs is 1. The van der Waals surface area contributed by atoms with Crippen molar-refractivity contribution in [2.45, 2.75) is 31.7 Å². The molecule has 132 valence electrons. The third-order valence-corrected chi connectivity index (χ3v) is 5.51. The van der Waals surface area contributed by atoms with Crippen molar-refractivity contribution in [1.29, 1.82) is 0 Å². The summed E-state index contributed by atoms with van der Waals surface area (Å²) in [5.74, 6) is 0.666. The van der Waals surface area contributed by atoms with E-state index < -0.39 is 6.09 Å². The maximum absolute atomic E-state index is 12.2. The number of rotatable bonds is 2. The highest BCUT2D eigenvalue weighted by Crippen LogP contribution is 2.42. The molecule has 0 saturated carbocycles. The van der Waals surface area contributed by atoms with Gasteiger partial charge in [-0.15, -0.1) is 5.10 Å². The van der Waals surface area contributed by atoms with Crippen molar-refractivity contribution in [3.8, 4) is 11.8 Å². The maximum atomic E-state index is 12.2. The Hall–Kier alpha value is -1.99. The van der Waals surface area contributed by atoms with Gasteiger partial charge in [0.2, 0.25) is 0 Å². The van der Waals surface area contributed by atoms with E-state index in [0.29, 0.717) is 47.5 Å². The average Bonchev–Trinajstić information content (AvgIpc) is 3.30. The van der Waals surface area contributed by atoms with E-state index in [4.69, 9.17) is 27.9 Å². The summed E-state index contributed by atoms with van der Waals surface area (Å²) in [6.07, 6.45) is 2.10. The second-order valence-corrected chi connectivity index (χ2v) is 7.05. The lowest BCUT2D eigenvalue weighted by molar-refractivity contribution is 0.156. The van der Waals surface area contributed by atoms with Crippen molar-refractivity contribution >= 4 is 29.3 Å². The van der Waals surface area contributed by atoms with E-state index in [1.54, 1.807) is 15.5 Å². The number of phenolic OH excluding ortho intramolecular Hbond substituents is 1. The quantitative estimate of drug-likeness (QED) is 0.861. The second kappa shape index (κ2) is 6.38. The molecule has 2 aliphatic heterocycles. The highest BCUT2D eigenvalue weighted by molar-refractivity contribution is 6.42. The number of phenols is 1. The molecule has 0 aliphatic carbocycles. The molecule has 1 aromatic heterocycles. The maximum Gasteiger partial charge on any atom is 0.417 e. The van der Waals surface area contributed by atoms with E-state index in [1.165, 1.54) is 6.07 Å². The zero-order valence-electron chi connectivity index (χ0n) is 13.3. The normalized spacial score (nSPS) is 19.3. The fourth-order valence-electron chi connectivity index (χ4n) is 3.41. The summed E-state index contributed by atoms with van der Waals surface area (Å²) in [6.45, 7) is 1.86. The number of carbonyl (C=O) groups is 1. The molecule has 0 spiro atoms. The minimum atomic E-state index is -0.403. The molecule has 7 nitrogen and oxygen atoms in total.